The lowest BCUT2D eigenvalue weighted by Crippen LogP contribution is -2.41. The zero-order valence-corrected chi connectivity index (χ0v) is 11.5. The quantitative estimate of drug-likeness (QED) is 0.647. The first-order chi connectivity index (χ1) is 8.79. The summed E-state index contributed by atoms with van der Waals surface area (Å²) in [6.07, 6.45) is 3.16. The van der Waals surface area contributed by atoms with Crippen LogP contribution >= 0.6 is 0 Å². The Morgan fingerprint density at radius 3 is 2.89 bits per heavy atom. The van der Waals surface area contributed by atoms with Gasteiger partial charge < -0.3 is 10.6 Å². The monoisotopic (exact) mass is 254 g/mol. The number of amides is 1. The van der Waals surface area contributed by atoms with Crippen molar-refractivity contribution in [2.24, 2.45) is 0 Å². The van der Waals surface area contributed by atoms with Crippen molar-refractivity contribution >= 4 is 5.91 Å². The van der Waals surface area contributed by atoms with E-state index in [1.165, 1.54) is 13.1 Å². The van der Waals surface area contributed by atoms with Gasteiger partial charge in [-0.1, -0.05) is 6.92 Å². The molecule has 0 aromatic rings. The third kappa shape index (κ3) is 3.93. The van der Waals surface area contributed by atoms with Crippen LogP contribution in [0.1, 0.15) is 26.2 Å². The minimum absolute atomic E-state index is 0.0624. The maximum atomic E-state index is 11.7. The van der Waals surface area contributed by atoms with E-state index in [2.05, 4.69) is 27.4 Å². The number of nitrogens with one attached hydrogen (secondary N) is 2. The van der Waals surface area contributed by atoms with Gasteiger partial charge in [-0.05, 0) is 32.4 Å². The van der Waals surface area contributed by atoms with E-state index in [4.69, 9.17) is 0 Å². The molecule has 104 valence electrons. The summed E-state index contributed by atoms with van der Waals surface area (Å²) >= 11 is 0. The zero-order valence-electron chi connectivity index (χ0n) is 11.5. The molecule has 0 unspecified atom stereocenters. The summed E-state index contributed by atoms with van der Waals surface area (Å²) in [6, 6.07) is 0.0624. The lowest BCUT2D eigenvalue weighted by Gasteiger charge is -2.17. The summed E-state index contributed by atoms with van der Waals surface area (Å²) in [4.78, 5) is 16.7. The van der Waals surface area contributed by atoms with Gasteiger partial charge in [-0.25, -0.2) is 0 Å². The van der Waals surface area contributed by atoms with Crippen LogP contribution in [0.5, 0.6) is 0 Å². The highest BCUT2D eigenvalue weighted by Gasteiger charge is 2.21. The third-order valence-corrected chi connectivity index (χ3v) is 3.91. The normalized spacial score (nSPS) is 25.7. The maximum Gasteiger partial charge on any atom is 0.237 e. The molecule has 2 saturated heterocycles. The van der Waals surface area contributed by atoms with E-state index in [0.717, 1.165) is 52.1 Å². The van der Waals surface area contributed by atoms with Crippen molar-refractivity contribution in [1.82, 2.24) is 20.4 Å². The molecule has 0 aromatic heterocycles. The van der Waals surface area contributed by atoms with Gasteiger partial charge in [0.25, 0.3) is 0 Å². The van der Waals surface area contributed by atoms with E-state index in [-0.39, 0.29) is 11.9 Å². The fraction of sp³-hybridized carbons (Fsp3) is 0.923. The molecule has 18 heavy (non-hydrogen) atoms. The molecule has 0 aromatic carbocycles. The minimum atomic E-state index is 0.0624. The van der Waals surface area contributed by atoms with E-state index < -0.39 is 0 Å². The van der Waals surface area contributed by atoms with Gasteiger partial charge in [0, 0.05) is 26.2 Å². The van der Waals surface area contributed by atoms with Crippen molar-refractivity contribution in [1.29, 1.82) is 0 Å². The van der Waals surface area contributed by atoms with E-state index >= 15 is 0 Å². The van der Waals surface area contributed by atoms with Gasteiger partial charge in [-0.3, -0.25) is 14.6 Å². The van der Waals surface area contributed by atoms with Gasteiger partial charge in [-0.15, -0.1) is 0 Å². The highest BCUT2D eigenvalue weighted by Crippen LogP contribution is 2.05. The molecule has 1 atom stereocenters. The van der Waals surface area contributed by atoms with Crippen LogP contribution in [-0.4, -0.2) is 67.7 Å². The first kappa shape index (κ1) is 13.8. The highest BCUT2D eigenvalue weighted by atomic mass is 16.2. The third-order valence-electron chi connectivity index (χ3n) is 3.91. The number of hydrogen-bond acceptors (Lipinski definition) is 4. The van der Waals surface area contributed by atoms with Crippen molar-refractivity contribution in [3.63, 3.8) is 0 Å². The van der Waals surface area contributed by atoms with E-state index in [9.17, 15) is 4.79 Å². The molecule has 2 aliphatic heterocycles. The summed E-state index contributed by atoms with van der Waals surface area (Å²) in [5.74, 6) is 0.184. The van der Waals surface area contributed by atoms with Crippen LogP contribution in [0, 0.1) is 0 Å². The molecule has 0 saturated carbocycles. The predicted molar refractivity (Wildman–Crippen MR) is 72.3 cm³/mol. The molecule has 5 nitrogen and oxygen atoms in total. The second-order valence-corrected chi connectivity index (χ2v) is 5.26. The molecule has 0 aliphatic carbocycles. The van der Waals surface area contributed by atoms with Crippen LogP contribution in [0.3, 0.4) is 0 Å². The SMILES string of the molecule is CCN1CCN(CCCNC(=O)[C@@H]2CCCN2)C1. The zero-order chi connectivity index (χ0) is 12.8. The number of likely N-dealkylation sites (N-methyl/N-ethyl adjacent to an activating group) is 1. The number of rotatable bonds is 6. The maximum absolute atomic E-state index is 11.7. The largest absolute Gasteiger partial charge is 0.355 e. The Balaban J connectivity index is 1.52. The van der Waals surface area contributed by atoms with Crippen molar-refractivity contribution < 1.29 is 4.79 Å². The standard InChI is InChI=1S/C13H26N4O/c1-2-16-9-10-17(11-16)8-4-7-15-13(18)12-5-3-6-14-12/h12,14H,2-11H2,1H3,(H,15,18)/t12-/m0/s1. The molecule has 1 amide bonds. The van der Waals surface area contributed by atoms with Crippen LogP contribution in [-0.2, 0) is 4.79 Å². The van der Waals surface area contributed by atoms with Crippen molar-refractivity contribution in [2.45, 2.75) is 32.2 Å². The van der Waals surface area contributed by atoms with Gasteiger partial charge in [0.05, 0.1) is 12.7 Å². The van der Waals surface area contributed by atoms with Gasteiger partial charge >= 0.3 is 0 Å². The van der Waals surface area contributed by atoms with Crippen molar-refractivity contribution in [2.75, 3.05) is 45.9 Å². The Kier molecular flexibility index (Phi) is 5.41. The average Bonchev–Trinajstić information content (AvgIpc) is 3.05. The molecule has 2 fully saturated rings. The Morgan fingerprint density at radius 2 is 2.22 bits per heavy atom. The number of carbonyl (C=O) groups excluding carboxylic acids is 1. The van der Waals surface area contributed by atoms with Crippen LogP contribution in [0.25, 0.3) is 0 Å². The van der Waals surface area contributed by atoms with Crippen LogP contribution < -0.4 is 10.6 Å². The molecule has 2 heterocycles. The minimum Gasteiger partial charge on any atom is -0.355 e. The molecule has 2 rings (SSSR count). The van der Waals surface area contributed by atoms with Gasteiger partial charge in [0.1, 0.15) is 0 Å². The lowest BCUT2D eigenvalue weighted by atomic mass is 10.2. The smallest absolute Gasteiger partial charge is 0.237 e. The van der Waals surface area contributed by atoms with E-state index in [0.29, 0.717) is 0 Å². The fourth-order valence-electron chi connectivity index (χ4n) is 2.69. The molecule has 0 radical (unpaired) electrons. The number of nitrogens with zero attached hydrogens (tertiary/aromatic N) is 2. The van der Waals surface area contributed by atoms with E-state index in [1.807, 2.05) is 0 Å². The summed E-state index contributed by atoms with van der Waals surface area (Å²) in [5.41, 5.74) is 0. The second-order valence-electron chi connectivity index (χ2n) is 5.26. The Morgan fingerprint density at radius 1 is 1.39 bits per heavy atom. The lowest BCUT2D eigenvalue weighted by molar-refractivity contribution is -0.122. The molecule has 2 N–H and O–H groups in total. The fourth-order valence-corrected chi connectivity index (χ4v) is 2.69. The topological polar surface area (TPSA) is 47.6 Å². The molecule has 0 bridgehead atoms. The molecular formula is C13H26N4O. The summed E-state index contributed by atoms with van der Waals surface area (Å²) < 4.78 is 0. The van der Waals surface area contributed by atoms with Crippen molar-refractivity contribution in [3.8, 4) is 0 Å². The average molecular weight is 254 g/mol. The highest BCUT2D eigenvalue weighted by molar-refractivity contribution is 5.81. The first-order valence-corrected chi connectivity index (χ1v) is 7.25. The molecular weight excluding hydrogens is 228 g/mol. The summed E-state index contributed by atoms with van der Waals surface area (Å²) in [7, 11) is 0. The summed E-state index contributed by atoms with van der Waals surface area (Å²) in [5, 5.41) is 6.25. The Hall–Kier alpha value is -0.650. The van der Waals surface area contributed by atoms with Gasteiger partial charge in [0.2, 0.25) is 5.91 Å². The van der Waals surface area contributed by atoms with Crippen molar-refractivity contribution in [3.05, 3.63) is 0 Å². The second kappa shape index (κ2) is 7.07. The number of hydrogen-bond donors (Lipinski definition) is 2. The predicted octanol–water partition coefficient (Wildman–Crippen LogP) is -0.160. The molecule has 0 spiro atoms. The van der Waals surface area contributed by atoms with Crippen LogP contribution in [0.15, 0.2) is 0 Å². The van der Waals surface area contributed by atoms with Crippen LogP contribution in [0.2, 0.25) is 0 Å². The first-order valence-electron chi connectivity index (χ1n) is 7.25. The molecule has 2 aliphatic rings. The van der Waals surface area contributed by atoms with Crippen LogP contribution in [0.4, 0.5) is 0 Å². The van der Waals surface area contributed by atoms with Gasteiger partial charge in [-0.2, -0.15) is 0 Å². The molecule has 5 heteroatoms. The van der Waals surface area contributed by atoms with Gasteiger partial charge in [0.15, 0.2) is 0 Å². The van der Waals surface area contributed by atoms with E-state index in [1.54, 1.807) is 0 Å². The Labute approximate surface area is 110 Å². The number of carbonyl (C=O) groups is 1. The Bertz CT molecular complexity index is 266. The summed E-state index contributed by atoms with van der Waals surface area (Å²) in [6.45, 7) is 9.68.